The summed E-state index contributed by atoms with van der Waals surface area (Å²) in [7, 11) is -1.42. The summed E-state index contributed by atoms with van der Waals surface area (Å²) in [6, 6.07) is 3.31. The number of aromatic carboxylic acids is 1. The van der Waals surface area contributed by atoms with E-state index >= 15 is 0 Å². The van der Waals surface area contributed by atoms with E-state index in [1.54, 1.807) is 12.1 Å². The number of hydrogen-bond donors (Lipinski definition) is 6. The van der Waals surface area contributed by atoms with E-state index in [9.17, 15) is 24.5 Å². The number of amides is 2. The first-order chi connectivity index (χ1) is 13.7. The van der Waals surface area contributed by atoms with E-state index in [1.807, 2.05) is 0 Å². The number of nitrogens with one attached hydrogen (secondary N) is 2. The van der Waals surface area contributed by atoms with E-state index in [4.69, 9.17) is 16.1 Å². The first-order valence-electron chi connectivity index (χ1n) is 9.49. The van der Waals surface area contributed by atoms with Crippen LogP contribution in [0.4, 0.5) is 0 Å². The number of rotatable bonds is 5. The largest absolute Gasteiger partial charge is 0.547 e. The van der Waals surface area contributed by atoms with Crippen LogP contribution in [0.15, 0.2) is 18.2 Å². The summed E-state index contributed by atoms with van der Waals surface area (Å²) >= 11 is 0. The molecule has 3 rings (SSSR count). The molecule has 10 nitrogen and oxygen atoms in total. The molecule has 0 aromatic heterocycles. The monoisotopic (exact) mass is 404 g/mol. The zero-order valence-corrected chi connectivity index (χ0v) is 16.0. The number of para-hydroxylation sites is 1. The van der Waals surface area contributed by atoms with Crippen LogP contribution in [0.25, 0.3) is 0 Å². The van der Waals surface area contributed by atoms with Gasteiger partial charge in [-0.15, -0.1) is 0 Å². The van der Waals surface area contributed by atoms with Gasteiger partial charge in [-0.1, -0.05) is 12.1 Å². The molecule has 11 heteroatoms. The van der Waals surface area contributed by atoms with Gasteiger partial charge in [0.25, 0.3) is 0 Å². The third-order valence-corrected chi connectivity index (χ3v) is 5.46. The SMILES string of the molecule is CC(NC(=O)C1C[C@H](N)[C@@H](N)C1)C(=O)N[C@H]1Cc2cccc(C(=O)O)c2OB1O. The second kappa shape index (κ2) is 8.40. The van der Waals surface area contributed by atoms with Crippen LogP contribution in [0.3, 0.4) is 0 Å². The lowest BCUT2D eigenvalue weighted by molar-refractivity contribution is -0.130. The smallest absolute Gasteiger partial charge is 0.534 e. The maximum Gasteiger partial charge on any atom is 0.547 e. The van der Waals surface area contributed by atoms with Crippen molar-refractivity contribution in [2.45, 2.75) is 50.3 Å². The number of carboxylic acid groups (broad SMARTS) is 1. The maximum atomic E-state index is 12.5. The molecule has 0 spiro atoms. The molecular formula is C18H25BN4O6. The summed E-state index contributed by atoms with van der Waals surface area (Å²) in [5, 5.41) is 24.7. The summed E-state index contributed by atoms with van der Waals surface area (Å²) in [4.78, 5) is 36.1. The van der Waals surface area contributed by atoms with Crippen molar-refractivity contribution < 1.29 is 29.2 Å². The van der Waals surface area contributed by atoms with Crippen LogP contribution in [0.2, 0.25) is 0 Å². The molecule has 4 atom stereocenters. The highest BCUT2D eigenvalue weighted by Gasteiger charge is 2.39. The van der Waals surface area contributed by atoms with Crippen molar-refractivity contribution in [3.63, 3.8) is 0 Å². The minimum Gasteiger partial charge on any atom is -0.534 e. The maximum absolute atomic E-state index is 12.5. The third kappa shape index (κ3) is 4.52. The topological polar surface area (TPSA) is 177 Å². The number of carboxylic acids is 1. The van der Waals surface area contributed by atoms with Gasteiger partial charge in [0.05, 0.1) is 11.5 Å². The van der Waals surface area contributed by atoms with Gasteiger partial charge in [-0.3, -0.25) is 9.59 Å². The molecule has 1 fully saturated rings. The zero-order valence-electron chi connectivity index (χ0n) is 16.0. The Balaban J connectivity index is 1.60. The van der Waals surface area contributed by atoms with Gasteiger partial charge in [0.1, 0.15) is 11.8 Å². The van der Waals surface area contributed by atoms with Gasteiger partial charge in [-0.2, -0.15) is 0 Å². The van der Waals surface area contributed by atoms with Crippen LogP contribution in [-0.2, 0) is 16.0 Å². The Hall–Kier alpha value is -2.63. The van der Waals surface area contributed by atoms with Crippen molar-refractivity contribution >= 4 is 24.9 Å². The first-order valence-corrected chi connectivity index (χ1v) is 9.49. The lowest BCUT2D eigenvalue weighted by atomic mass is 9.72. The fourth-order valence-electron chi connectivity index (χ4n) is 3.74. The van der Waals surface area contributed by atoms with E-state index in [1.165, 1.54) is 13.0 Å². The summed E-state index contributed by atoms with van der Waals surface area (Å²) in [5.41, 5.74) is 12.2. The van der Waals surface area contributed by atoms with E-state index in [0.717, 1.165) is 0 Å². The molecule has 0 saturated heterocycles. The average molecular weight is 404 g/mol. The Morgan fingerprint density at radius 1 is 1.24 bits per heavy atom. The molecule has 0 bridgehead atoms. The van der Waals surface area contributed by atoms with Crippen LogP contribution >= 0.6 is 0 Å². The third-order valence-electron chi connectivity index (χ3n) is 5.46. The highest BCUT2D eigenvalue weighted by atomic mass is 16.5. The molecule has 2 aliphatic rings. The highest BCUT2D eigenvalue weighted by molar-refractivity contribution is 6.47. The fourth-order valence-corrected chi connectivity index (χ4v) is 3.74. The van der Waals surface area contributed by atoms with Crippen LogP contribution in [0.5, 0.6) is 5.75 Å². The Labute approximate surface area is 168 Å². The van der Waals surface area contributed by atoms with Crippen LogP contribution in [-0.4, -0.2) is 59.1 Å². The number of carbonyl (C=O) groups excluding carboxylic acids is 2. The standard InChI is InChI=1S/C18H25BN4O6/c1-8(22-17(25)10-5-12(20)13(21)6-10)16(24)23-14-7-9-3-2-4-11(18(26)27)15(9)29-19(14)28/h2-4,8,10,12-14,28H,5-7,20-21H2,1H3,(H,22,25)(H,23,24)(H,26,27)/t8?,12-,13-,14-/m0/s1. The van der Waals surface area contributed by atoms with Gasteiger partial charge in [0, 0.05) is 18.0 Å². The van der Waals surface area contributed by atoms with Gasteiger partial charge in [0.2, 0.25) is 11.8 Å². The minimum atomic E-state index is -1.42. The molecule has 29 heavy (non-hydrogen) atoms. The van der Waals surface area contributed by atoms with Crippen molar-refractivity contribution in [1.82, 2.24) is 10.6 Å². The minimum absolute atomic E-state index is 0.0556. The van der Waals surface area contributed by atoms with Gasteiger partial charge in [-0.05, 0) is 37.8 Å². The Kier molecular flexibility index (Phi) is 6.11. The van der Waals surface area contributed by atoms with Crippen molar-refractivity contribution in [3.8, 4) is 5.75 Å². The number of hydrogen-bond acceptors (Lipinski definition) is 7. The van der Waals surface area contributed by atoms with Crippen LogP contribution in [0, 0.1) is 5.92 Å². The molecule has 2 amide bonds. The molecule has 8 N–H and O–H groups in total. The number of nitrogens with two attached hydrogens (primary N) is 2. The summed E-state index contributed by atoms with van der Waals surface area (Å²) in [5.74, 6) is -2.97. The quantitative estimate of drug-likeness (QED) is 0.318. The first kappa shape index (κ1) is 21.1. The molecule has 1 aliphatic heterocycles. The second-order valence-electron chi connectivity index (χ2n) is 7.65. The van der Waals surface area contributed by atoms with Gasteiger partial charge in [0.15, 0.2) is 0 Å². The van der Waals surface area contributed by atoms with Crippen molar-refractivity contribution in [2.75, 3.05) is 0 Å². The molecule has 1 unspecified atom stereocenters. The Morgan fingerprint density at radius 3 is 2.52 bits per heavy atom. The molecule has 0 radical (unpaired) electrons. The Morgan fingerprint density at radius 2 is 1.90 bits per heavy atom. The van der Waals surface area contributed by atoms with Crippen molar-refractivity contribution in [2.24, 2.45) is 17.4 Å². The van der Waals surface area contributed by atoms with E-state index in [-0.39, 0.29) is 41.6 Å². The molecular weight excluding hydrogens is 379 g/mol. The van der Waals surface area contributed by atoms with Gasteiger partial charge >= 0.3 is 13.1 Å². The van der Waals surface area contributed by atoms with E-state index < -0.39 is 31.0 Å². The van der Waals surface area contributed by atoms with E-state index in [0.29, 0.717) is 18.4 Å². The highest BCUT2D eigenvalue weighted by Crippen LogP contribution is 2.30. The fraction of sp³-hybridized carbons (Fsp3) is 0.500. The lowest BCUT2D eigenvalue weighted by Crippen LogP contribution is -2.57. The summed E-state index contributed by atoms with van der Waals surface area (Å²) in [6.45, 7) is 1.54. The number of benzene rings is 1. The normalized spacial score (nSPS) is 25.0. The lowest BCUT2D eigenvalue weighted by Gasteiger charge is -2.29. The Bertz CT molecular complexity index is 812. The molecule has 1 aromatic carbocycles. The molecule has 156 valence electrons. The number of carbonyl (C=O) groups is 3. The van der Waals surface area contributed by atoms with Crippen molar-refractivity contribution in [1.29, 1.82) is 0 Å². The second-order valence-corrected chi connectivity index (χ2v) is 7.65. The summed E-state index contributed by atoms with van der Waals surface area (Å²) < 4.78 is 5.35. The molecule has 1 saturated carbocycles. The molecule has 1 aliphatic carbocycles. The van der Waals surface area contributed by atoms with Crippen LogP contribution in [0.1, 0.15) is 35.7 Å². The molecule has 1 heterocycles. The zero-order chi connectivity index (χ0) is 21.3. The predicted molar refractivity (Wildman–Crippen MR) is 104 cm³/mol. The molecule has 1 aromatic rings. The van der Waals surface area contributed by atoms with Crippen LogP contribution < -0.4 is 26.8 Å². The predicted octanol–water partition coefficient (Wildman–Crippen LogP) is -1.61. The van der Waals surface area contributed by atoms with Crippen molar-refractivity contribution in [3.05, 3.63) is 29.3 Å². The van der Waals surface area contributed by atoms with Gasteiger partial charge < -0.3 is 36.9 Å². The number of fused-ring (bicyclic) bond motifs is 1. The van der Waals surface area contributed by atoms with Gasteiger partial charge in [-0.25, -0.2) is 4.79 Å². The summed E-state index contributed by atoms with van der Waals surface area (Å²) in [6.07, 6.45) is 1.13. The van der Waals surface area contributed by atoms with E-state index in [2.05, 4.69) is 10.6 Å². The average Bonchev–Trinajstić information content (AvgIpc) is 3.00.